The first-order chi connectivity index (χ1) is 9.56. The van der Waals surface area contributed by atoms with Gasteiger partial charge < -0.3 is 14.8 Å². The number of ether oxygens (including phenoxy) is 2. The van der Waals surface area contributed by atoms with E-state index in [-0.39, 0.29) is 4.90 Å². The Kier molecular flexibility index (Phi) is 6.94. The van der Waals surface area contributed by atoms with Gasteiger partial charge in [0.05, 0.1) is 18.1 Å². The summed E-state index contributed by atoms with van der Waals surface area (Å²) in [6.07, 6.45) is 0. The lowest BCUT2D eigenvalue weighted by Gasteiger charge is -2.21. The molecule has 0 unspecified atom stereocenters. The highest BCUT2D eigenvalue weighted by molar-refractivity contribution is 7.89. The molecule has 0 aliphatic heterocycles. The molecule has 0 atom stereocenters. The molecule has 7 heteroatoms. The van der Waals surface area contributed by atoms with Gasteiger partial charge in [-0.25, -0.2) is 8.42 Å². The summed E-state index contributed by atoms with van der Waals surface area (Å²) < 4.78 is 36.4. The highest BCUT2D eigenvalue weighted by Gasteiger charge is 2.23. The molecular formula is C13H22N2O4S. The third-order valence-electron chi connectivity index (χ3n) is 2.87. The topological polar surface area (TPSA) is 67.9 Å². The molecule has 0 amide bonds. The maximum atomic E-state index is 12.5. The minimum atomic E-state index is -3.52. The second-order valence-corrected chi connectivity index (χ2v) is 6.10. The van der Waals surface area contributed by atoms with Crippen LogP contribution in [-0.4, -0.2) is 60.3 Å². The van der Waals surface area contributed by atoms with Crippen molar-refractivity contribution in [1.82, 2.24) is 4.31 Å². The Morgan fingerprint density at radius 3 is 1.95 bits per heavy atom. The molecule has 114 valence electrons. The van der Waals surface area contributed by atoms with Crippen molar-refractivity contribution in [2.24, 2.45) is 0 Å². The van der Waals surface area contributed by atoms with E-state index in [0.717, 1.165) is 5.69 Å². The minimum Gasteiger partial charge on any atom is -0.388 e. The van der Waals surface area contributed by atoms with E-state index in [1.54, 1.807) is 45.5 Å². The lowest BCUT2D eigenvalue weighted by atomic mass is 10.3. The molecule has 0 fully saturated rings. The summed E-state index contributed by atoms with van der Waals surface area (Å²) in [5.74, 6) is 0. The van der Waals surface area contributed by atoms with E-state index in [0.29, 0.717) is 26.3 Å². The Labute approximate surface area is 120 Å². The Morgan fingerprint density at radius 2 is 1.55 bits per heavy atom. The molecule has 0 saturated heterocycles. The van der Waals surface area contributed by atoms with Crippen LogP contribution in [0.25, 0.3) is 0 Å². The van der Waals surface area contributed by atoms with Gasteiger partial charge in [0.15, 0.2) is 0 Å². The summed E-state index contributed by atoms with van der Waals surface area (Å²) in [6.45, 7) is 1.29. The van der Waals surface area contributed by atoms with Crippen molar-refractivity contribution in [2.45, 2.75) is 4.90 Å². The fraction of sp³-hybridized carbons (Fsp3) is 0.538. The Morgan fingerprint density at radius 1 is 1.05 bits per heavy atom. The number of sulfonamides is 1. The van der Waals surface area contributed by atoms with Crippen LogP contribution >= 0.6 is 0 Å². The number of anilines is 1. The maximum Gasteiger partial charge on any atom is 0.243 e. The number of hydrogen-bond acceptors (Lipinski definition) is 5. The quantitative estimate of drug-likeness (QED) is 0.737. The van der Waals surface area contributed by atoms with Crippen LogP contribution in [0.5, 0.6) is 0 Å². The Balaban J connectivity index is 2.94. The van der Waals surface area contributed by atoms with E-state index in [4.69, 9.17) is 9.47 Å². The zero-order valence-electron chi connectivity index (χ0n) is 12.1. The summed E-state index contributed by atoms with van der Waals surface area (Å²) in [6, 6.07) is 6.65. The van der Waals surface area contributed by atoms with Gasteiger partial charge in [-0.3, -0.25) is 0 Å². The van der Waals surface area contributed by atoms with Crippen molar-refractivity contribution in [3.05, 3.63) is 24.3 Å². The first kappa shape index (κ1) is 16.9. The van der Waals surface area contributed by atoms with Crippen molar-refractivity contribution < 1.29 is 17.9 Å². The maximum absolute atomic E-state index is 12.5. The van der Waals surface area contributed by atoms with Crippen LogP contribution in [0.4, 0.5) is 5.69 Å². The third kappa shape index (κ3) is 4.45. The lowest BCUT2D eigenvalue weighted by molar-refractivity contribution is 0.150. The Hall–Kier alpha value is -1.15. The zero-order chi connectivity index (χ0) is 15.0. The number of benzene rings is 1. The van der Waals surface area contributed by atoms with E-state index in [1.165, 1.54) is 4.31 Å². The summed E-state index contributed by atoms with van der Waals surface area (Å²) in [7, 11) is 1.35. The number of methoxy groups -OCH3 is 2. The van der Waals surface area contributed by atoms with Gasteiger partial charge in [0.2, 0.25) is 10.0 Å². The molecule has 0 aliphatic rings. The normalized spacial score (nSPS) is 11.8. The van der Waals surface area contributed by atoms with Crippen LogP contribution in [0.15, 0.2) is 29.2 Å². The van der Waals surface area contributed by atoms with E-state index in [1.807, 2.05) is 0 Å². The van der Waals surface area contributed by atoms with Gasteiger partial charge in [0.1, 0.15) is 0 Å². The molecule has 6 nitrogen and oxygen atoms in total. The number of nitrogens with zero attached hydrogens (tertiary/aromatic N) is 1. The second kappa shape index (κ2) is 8.21. The monoisotopic (exact) mass is 302 g/mol. The molecule has 0 bridgehead atoms. The highest BCUT2D eigenvalue weighted by Crippen LogP contribution is 2.18. The van der Waals surface area contributed by atoms with Gasteiger partial charge in [-0.2, -0.15) is 4.31 Å². The van der Waals surface area contributed by atoms with Crippen LogP contribution < -0.4 is 5.32 Å². The average molecular weight is 302 g/mol. The van der Waals surface area contributed by atoms with Crippen molar-refractivity contribution in [2.75, 3.05) is 52.9 Å². The van der Waals surface area contributed by atoms with Gasteiger partial charge in [-0.05, 0) is 24.3 Å². The largest absolute Gasteiger partial charge is 0.388 e. The van der Waals surface area contributed by atoms with E-state index >= 15 is 0 Å². The molecule has 20 heavy (non-hydrogen) atoms. The number of nitrogens with one attached hydrogen (secondary N) is 1. The first-order valence-electron chi connectivity index (χ1n) is 6.32. The highest BCUT2D eigenvalue weighted by atomic mass is 32.2. The fourth-order valence-corrected chi connectivity index (χ4v) is 3.09. The minimum absolute atomic E-state index is 0.267. The average Bonchev–Trinajstić information content (AvgIpc) is 2.47. The number of rotatable bonds is 9. The molecule has 0 saturated carbocycles. The van der Waals surface area contributed by atoms with Crippen molar-refractivity contribution in [3.8, 4) is 0 Å². The molecule has 1 aromatic rings. The third-order valence-corrected chi connectivity index (χ3v) is 4.78. The van der Waals surface area contributed by atoms with E-state index in [9.17, 15) is 8.42 Å². The summed E-state index contributed by atoms with van der Waals surface area (Å²) in [5.41, 5.74) is 0.865. The van der Waals surface area contributed by atoms with Crippen LogP contribution in [-0.2, 0) is 19.5 Å². The fourth-order valence-electron chi connectivity index (χ4n) is 1.68. The summed E-state index contributed by atoms with van der Waals surface area (Å²) >= 11 is 0. The smallest absolute Gasteiger partial charge is 0.243 e. The lowest BCUT2D eigenvalue weighted by Crippen LogP contribution is -2.36. The van der Waals surface area contributed by atoms with E-state index < -0.39 is 10.0 Å². The molecule has 1 N–H and O–H groups in total. The second-order valence-electron chi connectivity index (χ2n) is 4.16. The molecule has 0 radical (unpaired) electrons. The van der Waals surface area contributed by atoms with Crippen molar-refractivity contribution in [1.29, 1.82) is 0 Å². The molecular weight excluding hydrogens is 280 g/mol. The van der Waals surface area contributed by atoms with Gasteiger partial charge in [-0.1, -0.05) is 0 Å². The van der Waals surface area contributed by atoms with Crippen LogP contribution in [0.3, 0.4) is 0 Å². The van der Waals surface area contributed by atoms with Crippen molar-refractivity contribution in [3.63, 3.8) is 0 Å². The van der Waals surface area contributed by atoms with Crippen LogP contribution in [0.1, 0.15) is 0 Å². The first-order valence-corrected chi connectivity index (χ1v) is 7.76. The summed E-state index contributed by atoms with van der Waals surface area (Å²) in [4.78, 5) is 0.267. The molecule has 1 aromatic carbocycles. The van der Waals surface area contributed by atoms with E-state index in [2.05, 4.69) is 5.32 Å². The van der Waals surface area contributed by atoms with Gasteiger partial charge in [-0.15, -0.1) is 0 Å². The van der Waals surface area contributed by atoms with Crippen LogP contribution in [0, 0.1) is 0 Å². The van der Waals surface area contributed by atoms with Gasteiger partial charge >= 0.3 is 0 Å². The standard InChI is InChI=1S/C13H22N2O4S/c1-14-12-4-6-13(7-5-12)20(16,17)15(8-10-18-2)9-11-19-3/h4-7,14H,8-11H2,1-3H3. The SMILES string of the molecule is CNc1ccc(S(=O)(=O)N(CCOC)CCOC)cc1. The van der Waals surface area contributed by atoms with Crippen LogP contribution in [0.2, 0.25) is 0 Å². The van der Waals surface area contributed by atoms with Gasteiger partial charge in [0, 0.05) is 40.0 Å². The molecule has 0 aromatic heterocycles. The van der Waals surface area contributed by atoms with Gasteiger partial charge in [0.25, 0.3) is 0 Å². The summed E-state index contributed by atoms with van der Waals surface area (Å²) in [5, 5.41) is 2.95. The van der Waals surface area contributed by atoms with Crippen molar-refractivity contribution >= 4 is 15.7 Å². The zero-order valence-corrected chi connectivity index (χ0v) is 12.9. The number of hydrogen-bond donors (Lipinski definition) is 1. The molecule has 1 rings (SSSR count). The molecule has 0 aliphatic carbocycles. The Bertz CT molecular complexity index is 480. The predicted octanol–water partition coefficient (Wildman–Crippen LogP) is 1.01. The molecule has 0 spiro atoms. The molecule has 0 heterocycles. The predicted molar refractivity (Wildman–Crippen MR) is 78.5 cm³/mol.